The number of fused-ring (bicyclic) bond motifs is 1. The third-order valence-corrected chi connectivity index (χ3v) is 4.24. The predicted octanol–water partition coefficient (Wildman–Crippen LogP) is 3.06. The minimum Gasteiger partial charge on any atom is -0.494 e. The Labute approximate surface area is 134 Å². The van der Waals surface area contributed by atoms with Crippen molar-refractivity contribution in [2.24, 2.45) is 4.99 Å². The molecule has 0 amide bonds. The van der Waals surface area contributed by atoms with E-state index in [1.165, 1.54) is 23.1 Å². The van der Waals surface area contributed by atoms with Gasteiger partial charge < -0.3 is 10.1 Å². The summed E-state index contributed by atoms with van der Waals surface area (Å²) >= 11 is 6.19. The Hall–Kier alpha value is -2.32. The van der Waals surface area contributed by atoms with Crippen molar-refractivity contribution in [2.75, 3.05) is 0 Å². The third kappa shape index (κ3) is 2.83. The van der Waals surface area contributed by atoms with E-state index in [9.17, 15) is 9.90 Å². The number of nitrogens with zero attached hydrogens (tertiary/aromatic N) is 2. The normalized spacial score (nSPS) is 11.5. The summed E-state index contributed by atoms with van der Waals surface area (Å²) in [5, 5.41) is 10.2. The summed E-state index contributed by atoms with van der Waals surface area (Å²) in [4.78, 5) is 25.1. The van der Waals surface area contributed by atoms with Gasteiger partial charge in [-0.05, 0) is 36.3 Å². The number of aliphatic imine (C=N–C) groups is 1. The second kappa shape index (κ2) is 5.82. The average Bonchev–Trinajstić information content (AvgIpc) is 2.87. The van der Waals surface area contributed by atoms with Crippen molar-refractivity contribution in [3.05, 3.63) is 44.5 Å². The molecule has 0 aliphatic carbocycles. The molecule has 112 valence electrons. The minimum atomic E-state index is -0.501. The largest absolute Gasteiger partial charge is 0.494 e. The highest BCUT2D eigenvalue weighted by atomic mass is 32.1. The average molecular weight is 332 g/mol. The van der Waals surface area contributed by atoms with Gasteiger partial charge in [0.05, 0.1) is 10.2 Å². The van der Waals surface area contributed by atoms with Gasteiger partial charge in [0, 0.05) is 6.21 Å². The maximum absolute atomic E-state index is 11.7. The molecule has 6 nitrogen and oxygen atoms in total. The van der Waals surface area contributed by atoms with Gasteiger partial charge in [0.25, 0.3) is 5.56 Å². The topological polar surface area (TPSA) is 94.1 Å². The Morgan fingerprint density at radius 1 is 1.45 bits per heavy atom. The zero-order valence-corrected chi connectivity index (χ0v) is 13.2. The number of thiazole rings is 1. The number of nitrogens with one attached hydrogen (secondary N) is 2. The number of rotatable bonds is 3. The molecule has 2 aromatic heterocycles. The lowest BCUT2D eigenvalue weighted by Gasteiger charge is -1.95. The van der Waals surface area contributed by atoms with E-state index in [1.807, 2.05) is 12.1 Å². The smallest absolute Gasteiger partial charge is 0.264 e. The molecule has 3 N–H and O–H groups in total. The lowest BCUT2D eigenvalue weighted by Crippen LogP contribution is -2.13. The molecule has 22 heavy (non-hydrogen) atoms. The van der Waals surface area contributed by atoms with Crippen molar-refractivity contribution in [3.8, 4) is 5.88 Å². The van der Waals surface area contributed by atoms with Crippen LogP contribution in [0.1, 0.15) is 18.1 Å². The zero-order chi connectivity index (χ0) is 15.7. The number of hydrogen-bond acceptors (Lipinski definition) is 6. The second-order valence-electron chi connectivity index (χ2n) is 4.58. The van der Waals surface area contributed by atoms with Crippen LogP contribution in [0.25, 0.3) is 10.2 Å². The van der Waals surface area contributed by atoms with Crippen molar-refractivity contribution >= 4 is 45.1 Å². The van der Waals surface area contributed by atoms with Gasteiger partial charge in [0.15, 0.2) is 4.77 Å². The Balaban J connectivity index is 1.99. The molecule has 0 atom stereocenters. The van der Waals surface area contributed by atoms with Crippen LogP contribution in [0.2, 0.25) is 0 Å². The maximum Gasteiger partial charge on any atom is 0.264 e. The third-order valence-electron chi connectivity index (χ3n) is 3.11. The number of aromatic amines is 2. The van der Waals surface area contributed by atoms with Gasteiger partial charge in [0.2, 0.25) is 11.0 Å². The number of benzene rings is 1. The van der Waals surface area contributed by atoms with Crippen LogP contribution in [-0.2, 0) is 6.42 Å². The molecule has 0 radical (unpaired) electrons. The molecule has 8 heteroatoms. The van der Waals surface area contributed by atoms with Crippen molar-refractivity contribution in [1.29, 1.82) is 0 Å². The lowest BCUT2D eigenvalue weighted by molar-refractivity contribution is 0.449. The second-order valence-corrected chi connectivity index (χ2v) is 6.00. The summed E-state index contributed by atoms with van der Waals surface area (Å²) in [5.74, 6) is -0.313. The van der Waals surface area contributed by atoms with E-state index in [2.05, 4.69) is 32.9 Å². The van der Waals surface area contributed by atoms with Gasteiger partial charge in [0.1, 0.15) is 5.56 Å². The molecule has 0 bridgehead atoms. The van der Waals surface area contributed by atoms with E-state index in [0.29, 0.717) is 5.13 Å². The lowest BCUT2D eigenvalue weighted by atomic mass is 10.2. The number of hydrogen-bond donors (Lipinski definition) is 3. The van der Waals surface area contributed by atoms with Crippen LogP contribution in [0, 0.1) is 4.77 Å². The molecule has 1 aromatic carbocycles. The molecule has 3 aromatic rings. The van der Waals surface area contributed by atoms with Gasteiger partial charge in [-0.25, -0.2) is 9.98 Å². The fourth-order valence-electron chi connectivity index (χ4n) is 1.96. The Bertz CT molecular complexity index is 984. The molecular weight excluding hydrogens is 320 g/mol. The fourth-order valence-corrected chi connectivity index (χ4v) is 3.02. The quantitative estimate of drug-likeness (QED) is 0.507. The van der Waals surface area contributed by atoms with Gasteiger partial charge in [-0.1, -0.05) is 24.3 Å². The first-order valence-corrected chi connectivity index (χ1v) is 7.78. The summed E-state index contributed by atoms with van der Waals surface area (Å²) < 4.78 is 1.10. The Morgan fingerprint density at radius 2 is 2.27 bits per heavy atom. The highest BCUT2D eigenvalue weighted by Gasteiger charge is 2.06. The number of aryl methyl sites for hydroxylation is 1. The maximum atomic E-state index is 11.7. The van der Waals surface area contributed by atoms with Gasteiger partial charge in [-0.15, -0.1) is 0 Å². The van der Waals surface area contributed by atoms with Crippen LogP contribution in [0.5, 0.6) is 5.88 Å². The van der Waals surface area contributed by atoms with Gasteiger partial charge in [-0.3, -0.25) is 9.78 Å². The van der Waals surface area contributed by atoms with Crippen LogP contribution >= 0.6 is 23.6 Å². The number of aromatic hydroxyl groups is 1. The van der Waals surface area contributed by atoms with Crippen LogP contribution < -0.4 is 5.56 Å². The molecule has 0 unspecified atom stereocenters. The predicted molar refractivity (Wildman–Crippen MR) is 90.2 cm³/mol. The molecule has 0 fully saturated rings. The summed E-state index contributed by atoms with van der Waals surface area (Å²) in [7, 11) is 0. The minimum absolute atomic E-state index is 0.0158. The first-order chi connectivity index (χ1) is 10.6. The fraction of sp³-hybridized carbons (Fsp3) is 0.143. The first-order valence-electron chi connectivity index (χ1n) is 6.56. The molecular formula is C14H12N4O2S2. The van der Waals surface area contributed by atoms with E-state index in [0.717, 1.165) is 16.6 Å². The zero-order valence-electron chi connectivity index (χ0n) is 11.6. The van der Waals surface area contributed by atoms with Gasteiger partial charge >= 0.3 is 0 Å². The summed E-state index contributed by atoms with van der Waals surface area (Å²) in [6.07, 6.45) is 2.23. The highest BCUT2D eigenvalue weighted by molar-refractivity contribution is 7.71. The van der Waals surface area contributed by atoms with E-state index < -0.39 is 5.56 Å². The van der Waals surface area contributed by atoms with Crippen LogP contribution in [-0.4, -0.2) is 26.3 Å². The number of H-pyrrole nitrogens is 2. The van der Waals surface area contributed by atoms with Crippen LogP contribution in [0.15, 0.2) is 28.0 Å². The summed E-state index contributed by atoms with van der Waals surface area (Å²) in [6.45, 7) is 2.09. The SMILES string of the molecule is CCc1ccc2nc(N=Cc3c(O)[nH]c(=S)[nH]c3=O)sc2c1. The van der Waals surface area contributed by atoms with E-state index in [1.54, 1.807) is 0 Å². The molecule has 2 heterocycles. The molecule has 0 aliphatic rings. The summed E-state index contributed by atoms with van der Waals surface area (Å²) in [5.41, 5.74) is 1.61. The Morgan fingerprint density at radius 3 is 3.00 bits per heavy atom. The van der Waals surface area contributed by atoms with Crippen LogP contribution in [0.3, 0.4) is 0 Å². The van der Waals surface area contributed by atoms with Crippen molar-refractivity contribution < 1.29 is 5.11 Å². The van der Waals surface area contributed by atoms with E-state index in [-0.39, 0.29) is 16.2 Å². The summed E-state index contributed by atoms with van der Waals surface area (Å²) in [6, 6.07) is 6.06. The first kappa shape index (κ1) is 14.6. The van der Waals surface area contributed by atoms with E-state index in [4.69, 9.17) is 12.2 Å². The Kier molecular flexibility index (Phi) is 3.86. The standard InChI is InChI=1S/C14H12N4O2S2/c1-2-7-3-4-9-10(5-7)22-14(16-9)15-6-8-11(19)17-13(21)18-12(8)20/h3-6H,2H2,1H3,(H3,17,18,19,20,21). The molecule has 3 rings (SSSR count). The number of aromatic nitrogens is 3. The van der Waals surface area contributed by atoms with E-state index >= 15 is 0 Å². The van der Waals surface area contributed by atoms with Crippen LogP contribution in [0.4, 0.5) is 5.13 Å². The molecule has 0 saturated heterocycles. The molecule has 0 aliphatic heterocycles. The van der Waals surface area contributed by atoms with Crippen molar-refractivity contribution in [2.45, 2.75) is 13.3 Å². The highest BCUT2D eigenvalue weighted by Crippen LogP contribution is 2.28. The van der Waals surface area contributed by atoms with Crippen molar-refractivity contribution in [1.82, 2.24) is 15.0 Å². The molecule has 0 spiro atoms. The van der Waals surface area contributed by atoms with Gasteiger partial charge in [-0.2, -0.15) is 0 Å². The molecule has 0 saturated carbocycles. The van der Waals surface area contributed by atoms with Crippen molar-refractivity contribution in [3.63, 3.8) is 0 Å². The monoisotopic (exact) mass is 332 g/mol.